The van der Waals surface area contributed by atoms with Crippen LogP contribution in [0.4, 0.5) is 4.79 Å². The van der Waals surface area contributed by atoms with Crippen LogP contribution in [0.2, 0.25) is 10.0 Å². The Labute approximate surface area is 273 Å². The van der Waals surface area contributed by atoms with Crippen molar-refractivity contribution in [3.8, 4) is 5.75 Å². The van der Waals surface area contributed by atoms with E-state index in [4.69, 9.17) is 32.7 Å². The van der Waals surface area contributed by atoms with Gasteiger partial charge in [0.1, 0.15) is 35.0 Å². The summed E-state index contributed by atoms with van der Waals surface area (Å²) in [5, 5.41) is 11.8. The molecule has 0 spiro atoms. The standard InChI is InChI=1S/C32H39Cl2N5O6/c1-30(2,3)45-29(43)36-31(4,5)27(41)35-24(18-44-23-15-21(33)14-22(34)16-23)26(40)39-13-12-25-32(19-39,28(42)38(6)37-25)17-20-10-8-7-9-11-20/h7-11,14-16,24H,12-13,17-19H2,1-6H3,(H,35,41)(H,36,43)/t24-,32-/m1/s1. The van der Waals surface area contributed by atoms with E-state index in [0.717, 1.165) is 11.3 Å². The lowest BCUT2D eigenvalue weighted by molar-refractivity contribution is -0.143. The van der Waals surface area contributed by atoms with E-state index >= 15 is 0 Å². The lowest BCUT2D eigenvalue weighted by atomic mass is 9.73. The van der Waals surface area contributed by atoms with E-state index in [1.807, 2.05) is 30.3 Å². The molecule has 2 atom stereocenters. The van der Waals surface area contributed by atoms with E-state index in [1.54, 1.807) is 38.8 Å². The maximum atomic E-state index is 14.2. The van der Waals surface area contributed by atoms with Gasteiger partial charge in [-0.25, -0.2) is 9.80 Å². The Bertz CT molecular complexity index is 1470. The minimum atomic E-state index is -1.46. The second kappa shape index (κ2) is 13.3. The Balaban J connectivity index is 1.59. The first-order chi connectivity index (χ1) is 21.0. The molecule has 0 aromatic heterocycles. The highest BCUT2D eigenvalue weighted by Crippen LogP contribution is 2.38. The van der Waals surface area contributed by atoms with Crippen LogP contribution in [-0.4, -0.2) is 83.4 Å². The summed E-state index contributed by atoms with van der Waals surface area (Å²) in [5.41, 5.74) is -1.63. The van der Waals surface area contributed by atoms with Crippen molar-refractivity contribution in [2.45, 2.75) is 64.6 Å². The highest BCUT2D eigenvalue weighted by Gasteiger charge is 2.54. The van der Waals surface area contributed by atoms with Crippen molar-refractivity contribution in [3.63, 3.8) is 0 Å². The van der Waals surface area contributed by atoms with E-state index in [-0.39, 0.29) is 25.6 Å². The number of nitrogens with zero attached hydrogens (tertiary/aromatic N) is 3. The van der Waals surface area contributed by atoms with E-state index in [9.17, 15) is 19.2 Å². The Hall–Kier alpha value is -3.83. The average molecular weight is 661 g/mol. The fourth-order valence-corrected chi connectivity index (χ4v) is 5.86. The van der Waals surface area contributed by atoms with Crippen molar-refractivity contribution in [3.05, 3.63) is 64.1 Å². The van der Waals surface area contributed by atoms with Gasteiger partial charge in [0, 0.05) is 36.6 Å². The van der Waals surface area contributed by atoms with E-state index in [0.29, 0.717) is 28.6 Å². The summed E-state index contributed by atoms with van der Waals surface area (Å²) in [6.07, 6.45) is -0.0443. The predicted octanol–water partition coefficient (Wildman–Crippen LogP) is 4.45. The molecule has 1 saturated heterocycles. The van der Waals surface area contributed by atoms with Gasteiger partial charge in [-0.15, -0.1) is 0 Å². The molecule has 13 heteroatoms. The van der Waals surface area contributed by atoms with E-state index in [1.165, 1.54) is 31.0 Å². The Kier molecular flexibility index (Phi) is 10.0. The van der Waals surface area contributed by atoms with Crippen LogP contribution in [0.1, 0.15) is 46.6 Å². The summed E-state index contributed by atoms with van der Waals surface area (Å²) < 4.78 is 11.2. The lowest BCUT2D eigenvalue weighted by Crippen LogP contribution is -2.63. The highest BCUT2D eigenvalue weighted by molar-refractivity contribution is 6.34. The molecule has 4 rings (SSSR count). The number of nitrogens with one attached hydrogen (secondary N) is 2. The number of halogens is 2. The molecule has 242 valence electrons. The van der Waals surface area contributed by atoms with Crippen molar-refractivity contribution in [1.29, 1.82) is 0 Å². The summed E-state index contributed by atoms with van der Waals surface area (Å²) in [6, 6.07) is 13.0. The van der Waals surface area contributed by atoms with E-state index < -0.39 is 40.5 Å². The van der Waals surface area contributed by atoms with Gasteiger partial charge in [0.05, 0.1) is 5.71 Å². The fourth-order valence-electron chi connectivity index (χ4n) is 5.36. The van der Waals surface area contributed by atoms with Gasteiger partial charge in [-0.3, -0.25) is 14.4 Å². The molecule has 2 N–H and O–H groups in total. The number of carbonyl (C=O) groups excluding carboxylic acids is 4. The Morgan fingerprint density at radius 1 is 1.04 bits per heavy atom. The molecule has 0 bridgehead atoms. The molecule has 1 fully saturated rings. The van der Waals surface area contributed by atoms with Crippen molar-refractivity contribution >= 4 is 52.7 Å². The molecule has 0 radical (unpaired) electrons. The quantitative estimate of drug-likeness (QED) is 0.409. The number of alkyl carbamates (subject to hydrolysis) is 1. The first-order valence-corrected chi connectivity index (χ1v) is 15.3. The molecule has 4 amide bonds. The van der Waals surface area contributed by atoms with Crippen molar-refractivity contribution in [1.82, 2.24) is 20.5 Å². The molecular formula is C32H39Cl2N5O6. The van der Waals surface area contributed by atoms with Gasteiger partial charge in [-0.05, 0) is 64.8 Å². The number of hydrazone groups is 1. The van der Waals surface area contributed by atoms with Crippen LogP contribution >= 0.6 is 23.2 Å². The van der Waals surface area contributed by atoms with Crippen molar-refractivity contribution in [2.75, 3.05) is 26.7 Å². The molecule has 2 aromatic rings. The number of hydrogen-bond donors (Lipinski definition) is 2. The first-order valence-electron chi connectivity index (χ1n) is 14.6. The monoisotopic (exact) mass is 659 g/mol. The second-order valence-corrected chi connectivity index (χ2v) is 13.7. The number of hydrogen-bond acceptors (Lipinski definition) is 7. The van der Waals surface area contributed by atoms with Crippen LogP contribution in [0, 0.1) is 5.41 Å². The van der Waals surface area contributed by atoms with Crippen LogP contribution in [0.15, 0.2) is 53.6 Å². The summed E-state index contributed by atoms with van der Waals surface area (Å²) >= 11 is 12.3. The van der Waals surface area contributed by atoms with Gasteiger partial charge in [-0.2, -0.15) is 5.10 Å². The Morgan fingerprint density at radius 3 is 2.31 bits per heavy atom. The number of fused-ring (bicyclic) bond motifs is 1. The van der Waals surface area contributed by atoms with Gasteiger partial charge < -0.3 is 25.0 Å². The second-order valence-electron chi connectivity index (χ2n) is 12.8. The summed E-state index contributed by atoms with van der Waals surface area (Å²) in [7, 11) is 1.61. The average Bonchev–Trinajstić information content (AvgIpc) is 3.17. The maximum Gasteiger partial charge on any atom is 0.408 e. The van der Waals surface area contributed by atoms with Crippen molar-refractivity contribution in [2.24, 2.45) is 10.5 Å². The molecule has 2 aliphatic rings. The summed E-state index contributed by atoms with van der Waals surface area (Å²) in [5.74, 6) is -1.01. The SMILES string of the molecule is CN1N=C2CCN(C(=O)[C@@H](COc3cc(Cl)cc(Cl)c3)NC(=O)C(C)(C)NC(=O)OC(C)(C)C)C[C@@]2(Cc2ccccc2)C1=O. The van der Waals surface area contributed by atoms with Crippen LogP contribution in [-0.2, 0) is 25.5 Å². The minimum Gasteiger partial charge on any atom is -0.491 e. The molecule has 2 aliphatic heterocycles. The first kappa shape index (κ1) is 34.1. The zero-order chi connectivity index (χ0) is 33.2. The normalized spacial score (nSPS) is 18.9. The summed E-state index contributed by atoms with van der Waals surface area (Å²) in [4.78, 5) is 55.4. The molecule has 45 heavy (non-hydrogen) atoms. The van der Waals surface area contributed by atoms with Crippen LogP contribution < -0.4 is 15.4 Å². The zero-order valence-electron chi connectivity index (χ0n) is 26.3. The fraction of sp³-hybridized carbons (Fsp3) is 0.469. The highest BCUT2D eigenvalue weighted by atomic mass is 35.5. The number of benzene rings is 2. The number of piperidine rings is 1. The van der Waals surface area contributed by atoms with Gasteiger partial charge >= 0.3 is 6.09 Å². The summed E-state index contributed by atoms with van der Waals surface area (Å²) in [6.45, 7) is 8.19. The molecule has 0 unspecified atom stereocenters. The molecule has 0 saturated carbocycles. The number of amides is 4. The van der Waals surface area contributed by atoms with Crippen LogP contribution in [0.25, 0.3) is 0 Å². The number of rotatable bonds is 9. The van der Waals surface area contributed by atoms with E-state index in [2.05, 4.69) is 15.7 Å². The largest absolute Gasteiger partial charge is 0.491 e. The number of ether oxygens (including phenoxy) is 2. The Morgan fingerprint density at radius 2 is 1.69 bits per heavy atom. The number of carbonyl (C=O) groups is 4. The predicted molar refractivity (Wildman–Crippen MR) is 171 cm³/mol. The van der Waals surface area contributed by atoms with Gasteiger partial charge in [-0.1, -0.05) is 53.5 Å². The number of likely N-dealkylation sites (tertiary alicyclic amines) is 1. The van der Waals surface area contributed by atoms with Gasteiger partial charge in [0.25, 0.3) is 5.91 Å². The molecule has 2 heterocycles. The zero-order valence-corrected chi connectivity index (χ0v) is 27.8. The maximum absolute atomic E-state index is 14.2. The smallest absolute Gasteiger partial charge is 0.408 e. The third-order valence-corrected chi connectivity index (χ3v) is 7.94. The molecule has 11 nitrogen and oxygen atoms in total. The molecular weight excluding hydrogens is 621 g/mol. The third kappa shape index (κ3) is 8.26. The third-order valence-electron chi connectivity index (χ3n) is 7.50. The minimum absolute atomic E-state index is 0.0671. The molecule has 2 aromatic carbocycles. The van der Waals surface area contributed by atoms with Gasteiger partial charge in [0.2, 0.25) is 11.8 Å². The van der Waals surface area contributed by atoms with Crippen molar-refractivity contribution < 1.29 is 28.7 Å². The van der Waals surface area contributed by atoms with Crippen LogP contribution in [0.5, 0.6) is 5.75 Å². The molecule has 0 aliphatic carbocycles. The van der Waals surface area contributed by atoms with Gasteiger partial charge in [0.15, 0.2) is 0 Å². The topological polar surface area (TPSA) is 130 Å². The van der Waals surface area contributed by atoms with Crippen LogP contribution in [0.3, 0.4) is 0 Å². The lowest BCUT2D eigenvalue weighted by Gasteiger charge is -2.41.